The van der Waals surface area contributed by atoms with Gasteiger partial charge in [0.15, 0.2) is 0 Å². The predicted octanol–water partition coefficient (Wildman–Crippen LogP) is 0.697. The number of carbonyl (C=O) groups excluding carboxylic acids is 1. The van der Waals surface area contributed by atoms with E-state index in [2.05, 4.69) is 10.2 Å². The third kappa shape index (κ3) is 2.13. The van der Waals surface area contributed by atoms with Gasteiger partial charge in [0.25, 0.3) is 0 Å². The van der Waals surface area contributed by atoms with Gasteiger partial charge in [0, 0.05) is 38.4 Å². The molecule has 1 atom stereocenters. The van der Waals surface area contributed by atoms with E-state index < -0.39 is 0 Å². The van der Waals surface area contributed by atoms with Gasteiger partial charge in [0.2, 0.25) is 5.91 Å². The van der Waals surface area contributed by atoms with Crippen molar-refractivity contribution < 1.29 is 4.79 Å². The second-order valence-corrected chi connectivity index (χ2v) is 4.92. The molecule has 3 rings (SSSR count). The Morgan fingerprint density at radius 2 is 1.78 bits per heavy atom. The van der Waals surface area contributed by atoms with Crippen molar-refractivity contribution in [3.63, 3.8) is 0 Å². The Kier molecular flexibility index (Phi) is 3.30. The number of rotatable bonds is 2. The molecule has 0 aromatic heterocycles. The molecule has 1 N–H and O–H groups in total. The molecule has 2 heterocycles. The van der Waals surface area contributed by atoms with E-state index in [9.17, 15) is 4.79 Å². The summed E-state index contributed by atoms with van der Waals surface area (Å²) in [4.78, 5) is 16.7. The predicted molar refractivity (Wildman–Crippen MR) is 71.6 cm³/mol. The summed E-state index contributed by atoms with van der Waals surface area (Å²) in [6.07, 6.45) is 0.952. The fourth-order valence-corrected chi connectivity index (χ4v) is 2.86. The van der Waals surface area contributed by atoms with Crippen LogP contribution in [0.2, 0.25) is 0 Å². The average Bonchev–Trinajstić information content (AvgIpc) is 2.83. The van der Waals surface area contributed by atoms with Crippen LogP contribution < -0.4 is 10.2 Å². The molecule has 0 unspecified atom stereocenters. The molecule has 0 bridgehead atoms. The lowest BCUT2D eigenvalue weighted by atomic mass is 10.2. The van der Waals surface area contributed by atoms with Crippen LogP contribution in [0.15, 0.2) is 30.3 Å². The van der Waals surface area contributed by atoms with Gasteiger partial charge in [-0.2, -0.15) is 0 Å². The number of piperazine rings is 1. The van der Waals surface area contributed by atoms with Gasteiger partial charge in [-0.1, -0.05) is 18.2 Å². The first-order valence-corrected chi connectivity index (χ1v) is 6.67. The van der Waals surface area contributed by atoms with E-state index in [0.29, 0.717) is 0 Å². The number of para-hydroxylation sites is 1. The Hall–Kier alpha value is -1.39. The van der Waals surface area contributed by atoms with Crippen molar-refractivity contribution in [1.29, 1.82) is 0 Å². The Balaban J connectivity index is 1.72. The van der Waals surface area contributed by atoms with E-state index in [1.807, 2.05) is 35.2 Å². The van der Waals surface area contributed by atoms with Crippen molar-refractivity contribution in [3.05, 3.63) is 30.3 Å². The molecule has 18 heavy (non-hydrogen) atoms. The van der Waals surface area contributed by atoms with Crippen LogP contribution in [-0.2, 0) is 4.79 Å². The van der Waals surface area contributed by atoms with E-state index >= 15 is 0 Å². The Morgan fingerprint density at radius 1 is 1.06 bits per heavy atom. The topological polar surface area (TPSA) is 35.6 Å². The molecule has 0 radical (unpaired) electrons. The standard InChI is InChI=1S/C14H19N3O/c18-14-13(16-10-7-15-8-11-16)6-9-17(14)12-4-2-1-3-5-12/h1-5,13,15H,6-11H2/t13-/m0/s1. The van der Waals surface area contributed by atoms with Crippen molar-refractivity contribution in [1.82, 2.24) is 10.2 Å². The minimum absolute atomic E-state index is 0.0901. The lowest BCUT2D eigenvalue weighted by Crippen LogP contribution is -2.51. The second-order valence-electron chi connectivity index (χ2n) is 4.92. The van der Waals surface area contributed by atoms with Crippen LogP contribution in [0.4, 0.5) is 5.69 Å². The fraction of sp³-hybridized carbons (Fsp3) is 0.500. The quantitative estimate of drug-likeness (QED) is 0.833. The highest BCUT2D eigenvalue weighted by molar-refractivity contribution is 5.99. The largest absolute Gasteiger partial charge is 0.314 e. The summed E-state index contributed by atoms with van der Waals surface area (Å²) >= 11 is 0. The van der Waals surface area contributed by atoms with E-state index in [0.717, 1.165) is 44.8 Å². The highest BCUT2D eigenvalue weighted by Crippen LogP contribution is 2.24. The van der Waals surface area contributed by atoms with Crippen LogP contribution in [0, 0.1) is 0 Å². The van der Waals surface area contributed by atoms with E-state index in [1.165, 1.54) is 0 Å². The maximum absolute atomic E-state index is 12.5. The SMILES string of the molecule is O=C1[C@@H](N2CCNCC2)CCN1c1ccccc1. The van der Waals surface area contributed by atoms with Gasteiger partial charge in [-0.15, -0.1) is 0 Å². The monoisotopic (exact) mass is 245 g/mol. The lowest BCUT2D eigenvalue weighted by Gasteiger charge is -2.31. The molecule has 4 heteroatoms. The van der Waals surface area contributed by atoms with Crippen LogP contribution in [0.1, 0.15) is 6.42 Å². The van der Waals surface area contributed by atoms with Gasteiger partial charge in [-0.3, -0.25) is 9.69 Å². The summed E-state index contributed by atoms with van der Waals surface area (Å²) in [5.74, 6) is 0.267. The molecular formula is C14H19N3O. The maximum atomic E-state index is 12.5. The molecule has 1 amide bonds. The number of hydrogen-bond donors (Lipinski definition) is 1. The smallest absolute Gasteiger partial charge is 0.244 e. The van der Waals surface area contributed by atoms with Crippen LogP contribution >= 0.6 is 0 Å². The highest BCUT2D eigenvalue weighted by atomic mass is 16.2. The first-order chi connectivity index (χ1) is 8.86. The molecule has 2 fully saturated rings. The summed E-state index contributed by atoms with van der Waals surface area (Å²) in [6, 6.07) is 10.1. The van der Waals surface area contributed by atoms with Gasteiger partial charge in [-0.05, 0) is 18.6 Å². The van der Waals surface area contributed by atoms with Crippen LogP contribution in [0.5, 0.6) is 0 Å². The second kappa shape index (κ2) is 5.08. The van der Waals surface area contributed by atoms with Crippen LogP contribution in [0.3, 0.4) is 0 Å². The molecule has 2 saturated heterocycles. The van der Waals surface area contributed by atoms with Gasteiger partial charge in [-0.25, -0.2) is 0 Å². The zero-order chi connectivity index (χ0) is 12.4. The molecule has 4 nitrogen and oxygen atoms in total. The summed E-state index contributed by atoms with van der Waals surface area (Å²) in [6.45, 7) is 4.81. The summed E-state index contributed by atoms with van der Waals surface area (Å²) in [5, 5.41) is 3.33. The van der Waals surface area contributed by atoms with Crippen LogP contribution in [-0.4, -0.2) is 49.6 Å². The first-order valence-electron chi connectivity index (χ1n) is 6.67. The summed E-state index contributed by atoms with van der Waals surface area (Å²) in [7, 11) is 0. The normalized spacial score (nSPS) is 25.7. The Morgan fingerprint density at radius 3 is 2.50 bits per heavy atom. The molecule has 1 aromatic carbocycles. The van der Waals surface area contributed by atoms with E-state index in [4.69, 9.17) is 0 Å². The molecule has 1 aromatic rings. The number of nitrogens with one attached hydrogen (secondary N) is 1. The van der Waals surface area contributed by atoms with Gasteiger partial charge in [0.05, 0.1) is 6.04 Å². The number of nitrogens with zero attached hydrogens (tertiary/aromatic N) is 2. The highest BCUT2D eigenvalue weighted by Gasteiger charge is 2.36. The maximum Gasteiger partial charge on any atom is 0.244 e. The molecule has 0 saturated carbocycles. The molecular weight excluding hydrogens is 226 g/mol. The van der Waals surface area contributed by atoms with Gasteiger partial charge >= 0.3 is 0 Å². The van der Waals surface area contributed by atoms with Crippen molar-refractivity contribution in [3.8, 4) is 0 Å². The van der Waals surface area contributed by atoms with E-state index in [1.54, 1.807) is 0 Å². The minimum atomic E-state index is 0.0901. The third-order valence-electron chi connectivity index (χ3n) is 3.84. The van der Waals surface area contributed by atoms with Gasteiger partial charge < -0.3 is 10.2 Å². The van der Waals surface area contributed by atoms with Crippen molar-refractivity contribution >= 4 is 11.6 Å². The number of benzene rings is 1. The summed E-state index contributed by atoms with van der Waals surface area (Å²) in [5.41, 5.74) is 1.03. The van der Waals surface area contributed by atoms with Crippen molar-refractivity contribution in [2.45, 2.75) is 12.5 Å². The third-order valence-corrected chi connectivity index (χ3v) is 3.84. The molecule has 0 aliphatic carbocycles. The molecule has 0 spiro atoms. The average molecular weight is 245 g/mol. The fourth-order valence-electron chi connectivity index (χ4n) is 2.86. The minimum Gasteiger partial charge on any atom is -0.314 e. The van der Waals surface area contributed by atoms with Crippen LogP contribution in [0.25, 0.3) is 0 Å². The van der Waals surface area contributed by atoms with Crippen molar-refractivity contribution in [2.24, 2.45) is 0 Å². The summed E-state index contributed by atoms with van der Waals surface area (Å²) < 4.78 is 0. The Labute approximate surface area is 108 Å². The number of anilines is 1. The molecule has 2 aliphatic heterocycles. The van der Waals surface area contributed by atoms with E-state index in [-0.39, 0.29) is 11.9 Å². The Bertz CT molecular complexity index is 414. The first kappa shape index (κ1) is 11.7. The zero-order valence-corrected chi connectivity index (χ0v) is 10.5. The lowest BCUT2D eigenvalue weighted by molar-refractivity contribution is -0.121. The number of carbonyl (C=O) groups is 1. The van der Waals surface area contributed by atoms with Crippen molar-refractivity contribution in [2.75, 3.05) is 37.6 Å². The van der Waals surface area contributed by atoms with Gasteiger partial charge in [0.1, 0.15) is 0 Å². The number of amides is 1. The molecule has 2 aliphatic rings. The zero-order valence-electron chi connectivity index (χ0n) is 10.5. The molecule has 96 valence electrons. The number of hydrogen-bond acceptors (Lipinski definition) is 3.